The van der Waals surface area contributed by atoms with Gasteiger partial charge in [-0.3, -0.25) is 4.98 Å². The Morgan fingerprint density at radius 3 is 2.38 bits per heavy atom. The van der Waals surface area contributed by atoms with Crippen molar-refractivity contribution in [3.8, 4) is 28.6 Å². The fraction of sp³-hybridized carbons (Fsp3) is 0.214. The third kappa shape index (κ3) is 4.89. The summed E-state index contributed by atoms with van der Waals surface area (Å²) in [4.78, 5) is 26.0. The number of hydrogen-bond donors (Lipinski definition) is 0. The molecule has 0 amide bonds. The molecule has 2 aromatic carbocycles. The molecule has 9 heteroatoms. The van der Waals surface area contributed by atoms with E-state index < -0.39 is 17.4 Å². The molecule has 0 saturated heterocycles. The number of benzene rings is 2. The van der Waals surface area contributed by atoms with Crippen molar-refractivity contribution in [3.05, 3.63) is 94.4 Å². The number of hydrogen-bond acceptors (Lipinski definition) is 5. The molecule has 6 nitrogen and oxygen atoms in total. The Hall–Kier alpha value is -4.27. The molecule has 0 saturated carbocycles. The average molecular weight is 505 g/mol. The summed E-state index contributed by atoms with van der Waals surface area (Å²) in [5.74, 6) is 0.847. The van der Waals surface area contributed by atoms with Crippen LogP contribution in [0.4, 0.5) is 13.2 Å². The lowest BCUT2D eigenvalue weighted by Crippen LogP contribution is -2.23. The minimum Gasteiger partial charge on any atom is -0.434 e. The number of alkyl halides is 3. The summed E-state index contributed by atoms with van der Waals surface area (Å²) in [6.07, 6.45) is -0.561. The van der Waals surface area contributed by atoms with Gasteiger partial charge in [0.15, 0.2) is 11.6 Å². The monoisotopic (exact) mass is 504 g/mol. The second-order valence-corrected chi connectivity index (χ2v) is 9.25. The molecule has 5 rings (SSSR count). The van der Waals surface area contributed by atoms with Crippen LogP contribution in [0.25, 0.3) is 39.4 Å². The maximum Gasteiger partial charge on any atom is 0.416 e. The Morgan fingerprint density at radius 2 is 1.70 bits per heavy atom. The number of nitrogens with zero attached hydrogens (tertiary/aromatic N) is 4. The molecule has 3 heterocycles. The summed E-state index contributed by atoms with van der Waals surface area (Å²) in [5.41, 5.74) is 1.19. The third-order valence-electron chi connectivity index (χ3n) is 6.00. The molecule has 0 fully saturated rings. The zero-order chi connectivity index (χ0) is 26.3. The molecule has 0 atom stereocenters. The van der Waals surface area contributed by atoms with Gasteiger partial charge in [-0.25, -0.2) is 9.36 Å². The van der Waals surface area contributed by atoms with Gasteiger partial charge in [-0.15, -0.1) is 0 Å². The molecule has 0 radical (unpaired) electrons. The Morgan fingerprint density at radius 1 is 0.973 bits per heavy atom. The van der Waals surface area contributed by atoms with Crippen LogP contribution in [0.3, 0.4) is 0 Å². The summed E-state index contributed by atoms with van der Waals surface area (Å²) in [5, 5.41) is 1.90. The number of rotatable bonds is 5. The number of aromatic nitrogens is 4. The smallest absolute Gasteiger partial charge is 0.416 e. The summed E-state index contributed by atoms with van der Waals surface area (Å²) < 4.78 is 46.8. The molecule has 37 heavy (non-hydrogen) atoms. The van der Waals surface area contributed by atoms with Gasteiger partial charge in [0.1, 0.15) is 0 Å². The quantitative estimate of drug-likeness (QED) is 0.269. The molecule has 0 aliphatic carbocycles. The van der Waals surface area contributed by atoms with Gasteiger partial charge in [-0.1, -0.05) is 32.0 Å². The Bertz CT molecular complexity index is 1650. The zero-order valence-electron chi connectivity index (χ0n) is 20.4. The topological polar surface area (TPSA) is 73.8 Å². The first-order valence-electron chi connectivity index (χ1n) is 11.7. The summed E-state index contributed by atoms with van der Waals surface area (Å²) in [7, 11) is 0. The van der Waals surface area contributed by atoms with E-state index in [9.17, 15) is 18.0 Å². The summed E-state index contributed by atoms with van der Waals surface area (Å²) >= 11 is 0. The average Bonchev–Trinajstić information content (AvgIpc) is 3.28. The van der Waals surface area contributed by atoms with Gasteiger partial charge < -0.3 is 4.42 Å². The lowest BCUT2D eigenvalue weighted by Gasteiger charge is -2.08. The molecule has 3 aromatic heterocycles. The van der Waals surface area contributed by atoms with E-state index in [1.165, 1.54) is 16.7 Å². The van der Waals surface area contributed by atoms with Crippen molar-refractivity contribution in [1.82, 2.24) is 19.5 Å². The maximum atomic E-state index is 13.1. The van der Waals surface area contributed by atoms with Crippen LogP contribution in [-0.4, -0.2) is 19.5 Å². The first-order chi connectivity index (χ1) is 17.6. The van der Waals surface area contributed by atoms with E-state index in [2.05, 4.69) is 15.0 Å². The van der Waals surface area contributed by atoms with Crippen molar-refractivity contribution < 1.29 is 17.6 Å². The molecule has 5 aromatic rings. The second-order valence-electron chi connectivity index (χ2n) is 9.25. The van der Waals surface area contributed by atoms with Crippen molar-refractivity contribution in [2.45, 2.75) is 33.4 Å². The molecule has 0 spiro atoms. The van der Waals surface area contributed by atoms with Gasteiger partial charge in [0.05, 0.1) is 5.56 Å². The van der Waals surface area contributed by atoms with Crippen LogP contribution in [0.1, 0.15) is 30.8 Å². The van der Waals surface area contributed by atoms with Crippen LogP contribution in [0.5, 0.6) is 0 Å². The van der Waals surface area contributed by atoms with E-state index in [1.54, 1.807) is 18.5 Å². The van der Waals surface area contributed by atoms with E-state index in [1.807, 2.05) is 45.0 Å². The first kappa shape index (κ1) is 24.4. The van der Waals surface area contributed by atoms with Crippen molar-refractivity contribution in [3.63, 3.8) is 0 Å². The minimum absolute atomic E-state index is 0.148. The van der Waals surface area contributed by atoms with E-state index in [0.717, 1.165) is 28.6 Å². The van der Waals surface area contributed by atoms with Gasteiger partial charge in [0, 0.05) is 40.3 Å². The number of fused-ring (bicyclic) bond motifs is 1. The third-order valence-corrected chi connectivity index (χ3v) is 6.00. The zero-order valence-corrected chi connectivity index (χ0v) is 20.4. The molecule has 0 aliphatic heterocycles. The highest BCUT2D eigenvalue weighted by atomic mass is 19.4. The number of aryl methyl sites for hydroxylation is 1. The predicted octanol–water partition coefficient (Wildman–Crippen LogP) is 6.63. The van der Waals surface area contributed by atoms with Crippen molar-refractivity contribution in [2.24, 2.45) is 5.92 Å². The Labute approximate surface area is 210 Å². The van der Waals surface area contributed by atoms with E-state index in [4.69, 9.17) is 4.42 Å². The minimum atomic E-state index is -4.47. The van der Waals surface area contributed by atoms with E-state index >= 15 is 0 Å². The largest absolute Gasteiger partial charge is 0.434 e. The molecule has 0 bridgehead atoms. The van der Waals surface area contributed by atoms with Crippen LogP contribution < -0.4 is 5.69 Å². The van der Waals surface area contributed by atoms with E-state index in [0.29, 0.717) is 29.2 Å². The standard InChI is InChI=1S/C28H23F3N4O2/c1-16(2)14-22-11-13-35(27(36)33-22)25-24(18-4-7-21(8-5-18)28(29,30)31)37-26(34-25)20-6-9-23-17(3)32-12-10-19(23)15-20/h4-13,15-16H,14H2,1-3H3. The number of pyridine rings is 1. The van der Waals surface area contributed by atoms with Crippen LogP contribution in [0.15, 0.2) is 76.2 Å². The van der Waals surface area contributed by atoms with Crippen LogP contribution in [0.2, 0.25) is 0 Å². The van der Waals surface area contributed by atoms with E-state index in [-0.39, 0.29) is 17.5 Å². The highest BCUT2D eigenvalue weighted by Gasteiger charge is 2.30. The van der Waals surface area contributed by atoms with Crippen molar-refractivity contribution >= 4 is 10.8 Å². The summed E-state index contributed by atoms with van der Waals surface area (Å²) in [6, 6.07) is 13.8. The fourth-order valence-electron chi connectivity index (χ4n) is 4.19. The second kappa shape index (κ2) is 9.31. The van der Waals surface area contributed by atoms with Crippen molar-refractivity contribution in [2.75, 3.05) is 0 Å². The van der Waals surface area contributed by atoms with Crippen molar-refractivity contribution in [1.29, 1.82) is 0 Å². The van der Waals surface area contributed by atoms with Gasteiger partial charge in [-0.2, -0.15) is 23.1 Å². The van der Waals surface area contributed by atoms with Gasteiger partial charge in [-0.05, 0) is 61.0 Å². The fourth-order valence-corrected chi connectivity index (χ4v) is 4.19. The Kier molecular flexibility index (Phi) is 6.15. The summed E-state index contributed by atoms with van der Waals surface area (Å²) in [6.45, 7) is 5.97. The lowest BCUT2D eigenvalue weighted by atomic mass is 10.1. The van der Waals surface area contributed by atoms with Gasteiger partial charge in [0.25, 0.3) is 0 Å². The lowest BCUT2D eigenvalue weighted by molar-refractivity contribution is -0.137. The molecule has 0 unspecified atom stereocenters. The molecule has 0 N–H and O–H groups in total. The molecular formula is C28H23F3N4O2. The van der Waals surface area contributed by atoms with Gasteiger partial charge >= 0.3 is 11.9 Å². The van der Waals surface area contributed by atoms with Crippen LogP contribution >= 0.6 is 0 Å². The highest BCUT2D eigenvalue weighted by molar-refractivity contribution is 5.88. The highest BCUT2D eigenvalue weighted by Crippen LogP contribution is 2.35. The normalized spacial score (nSPS) is 12.0. The molecular weight excluding hydrogens is 481 g/mol. The predicted molar refractivity (Wildman–Crippen MR) is 134 cm³/mol. The SMILES string of the molecule is Cc1nccc2cc(-c3nc(-n4ccc(CC(C)C)nc4=O)c(-c4ccc(C(F)(F)F)cc4)o3)ccc12. The van der Waals surface area contributed by atoms with Crippen LogP contribution in [0, 0.1) is 12.8 Å². The number of halogens is 3. The molecule has 188 valence electrons. The Balaban J connectivity index is 1.66. The number of oxazole rings is 1. The van der Waals surface area contributed by atoms with Gasteiger partial charge in [0.2, 0.25) is 5.89 Å². The maximum absolute atomic E-state index is 13.1. The van der Waals surface area contributed by atoms with Crippen LogP contribution in [-0.2, 0) is 12.6 Å². The first-order valence-corrected chi connectivity index (χ1v) is 11.7. The molecule has 0 aliphatic rings.